The van der Waals surface area contributed by atoms with Crippen molar-refractivity contribution in [3.8, 4) is 45.5 Å². The first-order chi connectivity index (χ1) is 31.8. The zero-order valence-corrected chi connectivity index (χ0v) is 34.7. The van der Waals surface area contributed by atoms with Gasteiger partial charge in [0.05, 0.1) is 49.9 Å². The van der Waals surface area contributed by atoms with Gasteiger partial charge in [0.2, 0.25) is 0 Å². The minimum absolute atomic E-state index is 0.660. The van der Waals surface area contributed by atoms with Gasteiger partial charge in [-0.1, -0.05) is 158 Å². The second-order valence-corrected chi connectivity index (χ2v) is 17.1. The minimum Gasteiger partial charge on any atom is -0.456 e. The van der Waals surface area contributed by atoms with Crippen LogP contribution < -0.4 is 4.74 Å². The normalized spacial score (nSPS) is 15.9. The molecule has 0 N–H and O–H groups in total. The zero-order chi connectivity index (χ0) is 41.9. The number of hydrogen-bond acceptors (Lipinski definition) is 3. The number of para-hydroxylation sites is 5. The van der Waals surface area contributed by atoms with Crippen LogP contribution in [-0.4, -0.2) is 19.1 Å². The molecule has 0 fully saturated rings. The summed E-state index contributed by atoms with van der Waals surface area (Å²) >= 11 is 0. The van der Waals surface area contributed by atoms with Crippen LogP contribution in [0, 0.1) is 0 Å². The van der Waals surface area contributed by atoms with Crippen molar-refractivity contribution in [2.75, 3.05) is 0 Å². The van der Waals surface area contributed by atoms with Crippen LogP contribution in [-0.2, 0) is 5.41 Å². The van der Waals surface area contributed by atoms with Gasteiger partial charge in [0.15, 0.2) is 5.82 Å². The Hall–Kier alpha value is -8.28. The van der Waals surface area contributed by atoms with Gasteiger partial charge in [-0.15, -0.1) is 0 Å². The maximum absolute atomic E-state index is 7.31. The SMILES string of the molecule is C1=CCCC(c2cc(-c3cccc(-n4c5ccccc5c5c6c(ccc54)C4(c5ccccc5O6)c5ccccc5-n5c6ccccc6c6cccc4c65)c3)nc(-c3ccccc3)n2)=C1. The van der Waals surface area contributed by atoms with Gasteiger partial charge in [-0.25, -0.2) is 9.97 Å². The third-order valence-electron chi connectivity index (χ3n) is 13.8. The Balaban J connectivity index is 1.03. The number of aromatic nitrogens is 4. The molecule has 3 aromatic heterocycles. The van der Waals surface area contributed by atoms with E-state index >= 15 is 0 Å². The van der Waals surface area contributed by atoms with Gasteiger partial charge in [0, 0.05) is 44.1 Å². The van der Waals surface area contributed by atoms with Crippen molar-refractivity contribution in [2.45, 2.75) is 18.3 Å². The fourth-order valence-electron chi connectivity index (χ4n) is 11.2. The summed E-state index contributed by atoms with van der Waals surface area (Å²) in [6.45, 7) is 0. The highest BCUT2D eigenvalue weighted by Crippen LogP contribution is 2.62. The van der Waals surface area contributed by atoms with Crippen LogP contribution in [0.2, 0.25) is 0 Å². The molecule has 0 radical (unpaired) electrons. The maximum Gasteiger partial charge on any atom is 0.160 e. The Bertz CT molecular complexity index is 3830. The molecule has 64 heavy (non-hydrogen) atoms. The van der Waals surface area contributed by atoms with Crippen molar-refractivity contribution >= 4 is 49.2 Å². The third-order valence-corrected chi connectivity index (χ3v) is 13.8. The van der Waals surface area contributed by atoms with E-state index in [-0.39, 0.29) is 0 Å². The fraction of sp³-hybridized carbons (Fsp3) is 0.0508. The van der Waals surface area contributed by atoms with Gasteiger partial charge in [-0.3, -0.25) is 0 Å². The van der Waals surface area contributed by atoms with Crippen LogP contribution in [0.4, 0.5) is 0 Å². The van der Waals surface area contributed by atoms with E-state index in [9.17, 15) is 0 Å². The molecule has 1 spiro atoms. The van der Waals surface area contributed by atoms with Crippen molar-refractivity contribution in [1.82, 2.24) is 19.1 Å². The summed E-state index contributed by atoms with van der Waals surface area (Å²) in [5, 5.41) is 4.74. The molecule has 1 aliphatic carbocycles. The monoisotopic (exact) mass is 818 g/mol. The summed E-state index contributed by atoms with van der Waals surface area (Å²) in [5.41, 5.74) is 16.1. The van der Waals surface area contributed by atoms with Gasteiger partial charge in [-0.2, -0.15) is 0 Å². The quantitative estimate of drug-likeness (QED) is 0.178. The maximum atomic E-state index is 7.31. The third kappa shape index (κ3) is 4.78. The summed E-state index contributed by atoms with van der Waals surface area (Å²) in [4.78, 5) is 10.3. The van der Waals surface area contributed by atoms with E-state index < -0.39 is 5.41 Å². The van der Waals surface area contributed by atoms with Crippen molar-refractivity contribution in [3.05, 3.63) is 234 Å². The number of nitrogens with zero attached hydrogens (tertiary/aromatic N) is 4. The first-order valence-electron chi connectivity index (χ1n) is 22.1. The molecule has 14 rings (SSSR count). The molecule has 8 aromatic carbocycles. The van der Waals surface area contributed by atoms with Crippen molar-refractivity contribution in [3.63, 3.8) is 0 Å². The Morgan fingerprint density at radius 3 is 2.08 bits per heavy atom. The average molecular weight is 819 g/mol. The second-order valence-electron chi connectivity index (χ2n) is 17.1. The highest BCUT2D eigenvalue weighted by atomic mass is 16.5. The Kier molecular flexibility index (Phi) is 7.37. The summed E-state index contributed by atoms with van der Waals surface area (Å²) in [7, 11) is 0. The molecule has 0 saturated carbocycles. The summed E-state index contributed by atoms with van der Waals surface area (Å²) in [6.07, 6.45) is 8.50. The van der Waals surface area contributed by atoms with Crippen LogP contribution in [0.25, 0.3) is 83.2 Å². The number of allylic oxidation sites excluding steroid dienone is 4. The van der Waals surface area contributed by atoms with E-state index in [1.165, 1.54) is 44.2 Å². The van der Waals surface area contributed by atoms with Gasteiger partial charge < -0.3 is 13.9 Å². The molecular weight excluding hydrogens is 781 g/mol. The summed E-state index contributed by atoms with van der Waals surface area (Å²) in [6, 6.07) is 68.1. The van der Waals surface area contributed by atoms with Crippen molar-refractivity contribution in [1.29, 1.82) is 0 Å². The average Bonchev–Trinajstić information content (AvgIpc) is 3.90. The molecule has 300 valence electrons. The highest BCUT2D eigenvalue weighted by molar-refractivity contribution is 6.15. The largest absolute Gasteiger partial charge is 0.456 e. The predicted octanol–water partition coefficient (Wildman–Crippen LogP) is 14.5. The lowest BCUT2D eigenvalue weighted by Crippen LogP contribution is -2.37. The first kappa shape index (κ1) is 35.3. The van der Waals surface area contributed by atoms with Crippen LogP contribution >= 0.6 is 0 Å². The fourth-order valence-corrected chi connectivity index (χ4v) is 11.2. The topological polar surface area (TPSA) is 44.9 Å². The molecule has 0 bridgehead atoms. The number of ether oxygens (including phenoxy) is 1. The minimum atomic E-state index is -0.660. The number of benzene rings is 8. The van der Waals surface area contributed by atoms with Crippen molar-refractivity contribution in [2.24, 2.45) is 0 Å². The smallest absolute Gasteiger partial charge is 0.160 e. The summed E-state index contributed by atoms with van der Waals surface area (Å²) < 4.78 is 12.2. The van der Waals surface area contributed by atoms with E-state index in [4.69, 9.17) is 14.7 Å². The predicted molar refractivity (Wildman–Crippen MR) is 260 cm³/mol. The van der Waals surface area contributed by atoms with E-state index in [1.54, 1.807) is 0 Å². The van der Waals surface area contributed by atoms with Crippen LogP contribution in [0.15, 0.2) is 206 Å². The van der Waals surface area contributed by atoms with Gasteiger partial charge in [0.1, 0.15) is 11.5 Å². The highest BCUT2D eigenvalue weighted by Gasteiger charge is 2.51. The molecule has 0 amide bonds. The summed E-state index contributed by atoms with van der Waals surface area (Å²) in [5.74, 6) is 2.49. The molecule has 2 aliphatic heterocycles. The lowest BCUT2D eigenvalue weighted by Gasteiger charge is -2.45. The lowest BCUT2D eigenvalue weighted by atomic mass is 9.61. The number of fused-ring (bicyclic) bond motifs is 15. The molecular formula is C59H38N4O. The van der Waals surface area contributed by atoms with E-state index in [1.807, 2.05) is 18.2 Å². The Morgan fingerprint density at radius 2 is 1.20 bits per heavy atom. The van der Waals surface area contributed by atoms with Gasteiger partial charge >= 0.3 is 0 Å². The molecule has 5 heterocycles. The standard InChI is InChI=1S/C59H38N4O/c1-3-17-37(18-4-1)48-36-49(61-58(60-48)38-19-5-2-6-20-38)39-21-15-22-40(35-39)62-51-30-12-8-24-43(51)55-53(62)34-33-47-57(55)64-54-32-14-10-27-45(54)59(47)44-26-9-13-31-52(44)63-50-29-11-7-23-41(50)42-25-16-28-46(59)56(42)63/h1-3,5-17,19-36H,4,18H2. The van der Waals surface area contributed by atoms with E-state index in [0.29, 0.717) is 0 Å². The molecule has 5 nitrogen and oxygen atoms in total. The van der Waals surface area contributed by atoms with Crippen molar-refractivity contribution < 1.29 is 4.74 Å². The molecule has 5 heteroatoms. The van der Waals surface area contributed by atoms with Gasteiger partial charge in [-0.05, 0) is 78.1 Å². The molecule has 0 saturated heterocycles. The van der Waals surface area contributed by atoms with E-state index in [0.717, 1.165) is 91.3 Å². The molecule has 1 unspecified atom stereocenters. The number of rotatable bonds is 4. The van der Waals surface area contributed by atoms with Gasteiger partial charge in [0.25, 0.3) is 0 Å². The van der Waals surface area contributed by atoms with E-state index in [2.05, 4.69) is 197 Å². The zero-order valence-electron chi connectivity index (χ0n) is 34.7. The number of hydrogen-bond donors (Lipinski definition) is 0. The molecule has 3 aliphatic rings. The first-order valence-corrected chi connectivity index (χ1v) is 22.1. The second kappa shape index (κ2) is 13.4. The Morgan fingerprint density at radius 1 is 0.500 bits per heavy atom. The van der Waals surface area contributed by atoms with Crippen LogP contribution in [0.5, 0.6) is 11.5 Å². The molecule has 1 atom stereocenters. The van der Waals surface area contributed by atoms with Crippen LogP contribution in [0.3, 0.4) is 0 Å². The van der Waals surface area contributed by atoms with Crippen LogP contribution in [0.1, 0.15) is 40.8 Å². The lowest BCUT2D eigenvalue weighted by molar-refractivity contribution is 0.439. The Labute approximate surface area is 369 Å². The molecule has 11 aromatic rings.